The monoisotopic (exact) mass is 343 g/mol. The third-order valence-electron chi connectivity index (χ3n) is 4.69. The number of anilines is 1. The summed E-state index contributed by atoms with van der Waals surface area (Å²) in [5, 5.41) is 8.93. The van der Waals surface area contributed by atoms with Crippen molar-refractivity contribution in [2.24, 2.45) is 0 Å². The minimum Gasteiger partial charge on any atom is -0.365 e. The molecule has 128 valence electrons. The minimum absolute atomic E-state index is 0.257. The summed E-state index contributed by atoms with van der Waals surface area (Å²) in [4.78, 5) is 17.9. The van der Waals surface area contributed by atoms with E-state index in [1.165, 1.54) is 0 Å². The number of fused-ring (bicyclic) bond motifs is 2. The van der Waals surface area contributed by atoms with Crippen LogP contribution in [0.25, 0.3) is 22.3 Å². The van der Waals surface area contributed by atoms with Gasteiger partial charge >= 0.3 is 0 Å². The number of aryl methyl sites for hydroxylation is 1. The molecule has 3 aromatic heterocycles. The van der Waals surface area contributed by atoms with Crippen LogP contribution in [-0.2, 0) is 13.0 Å². The molecule has 5 rings (SSSR count). The van der Waals surface area contributed by atoms with E-state index in [9.17, 15) is 0 Å². The zero-order chi connectivity index (χ0) is 17.3. The van der Waals surface area contributed by atoms with E-state index in [1.54, 1.807) is 18.7 Å². The Bertz CT molecular complexity index is 1060. The first kappa shape index (κ1) is 14.9. The lowest BCUT2D eigenvalue weighted by atomic mass is 10.1. The largest absolute Gasteiger partial charge is 0.365 e. The molecule has 0 spiro atoms. The molecule has 26 heavy (non-hydrogen) atoms. The maximum atomic E-state index is 4.81. The Morgan fingerprint density at radius 3 is 2.85 bits per heavy atom. The SMILES string of the molecule is c1ccc2c(N[C@@H]3CCc4ncnn4C3)nc(-c3ccncc3)nc2c1. The number of hydrogen-bond acceptors (Lipinski definition) is 6. The third kappa shape index (κ3) is 2.67. The first-order valence-electron chi connectivity index (χ1n) is 8.67. The molecular formula is C19H17N7. The second-order valence-corrected chi connectivity index (χ2v) is 6.39. The molecule has 0 saturated carbocycles. The van der Waals surface area contributed by atoms with Gasteiger partial charge in [-0.3, -0.25) is 4.98 Å². The van der Waals surface area contributed by atoms with Crippen molar-refractivity contribution in [1.29, 1.82) is 0 Å². The van der Waals surface area contributed by atoms with Crippen molar-refractivity contribution in [3.63, 3.8) is 0 Å². The average molecular weight is 343 g/mol. The van der Waals surface area contributed by atoms with Gasteiger partial charge in [0.1, 0.15) is 18.0 Å². The molecule has 0 bridgehead atoms. The summed E-state index contributed by atoms with van der Waals surface area (Å²) in [6.07, 6.45) is 7.06. The first-order chi connectivity index (χ1) is 12.9. The Morgan fingerprint density at radius 1 is 1.04 bits per heavy atom. The summed E-state index contributed by atoms with van der Waals surface area (Å²) < 4.78 is 1.97. The van der Waals surface area contributed by atoms with Crippen LogP contribution in [-0.4, -0.2) is 35.8 Å². The molecule has 7 heteroatoms. The van der Waals surface area contributed by atoms with Gasteiger partial charge in [-0.1, -0.05) is 12.1 Å². The Hall–Kier alpha value is -3.35. The number of benzene rings is 1. The lowest BCUT2D eigenvalue weighted by molar-refractivity contribution is 0.441. The van der Waals surface area contributed by atoms with Crippen LogP contribution in [0.3, 0.4) is 0 Å². The molecule has 4 aromatic rings. The van der Waals surface area contributed by atoms with E-state index in [1.807, 2.05) is 35.0 Å². The van der Waals surface area contributed by atoms with E-state index in [2.05, 4.69) is 26.4 Å². The molecule has 1 atom stereocenters. The Morgan fingerprint density at radius 2 is 1.92 bits per heavy atom. The van der Waals surface area contributed by atoms with Crippen LogP contribution >= 0.6 is 0 Å². The molecule has 1 aromatic carbocycles. The standard InChI is InChI=1S/C19H17N7/c1-2-4-16-15(3-1)19(25-18(24-16)13-7-9-20-10-8-13)23-14-5-6-17-21-12-22-26(17)11-14/h1-4,7-10,12,14H,5-6,11H2,(H,23,24,25)/t14-/m1/s1. The second-order valence-electron chi connectivity index (χ2n) is 6.39. The van der Waals surface area contributed by atoms with Gasteiger partial charge in [-0.25, -0.2) is 19.6 Å². The summed E-state index contributed by atoms with van der Waals surface area (Å²) in [6, 6.07) is 12.2. The van der Waals surface area contributed by atoms with E-state index in [4.69, 9.17) is 9.97 Å². The van der Waals surface area contributed by atoms with Crippen molar-refractivity contribution in [1.82, 2.24) is 29.7 Å². The molecular weight excluding hydrogens is 326 g/mol. The number of para-hydroxylation sites is 1. The number of nitrogens with zero attached hydrogens (tertiary/aromatic N) is 6. The Kier molecular flexibility index (Phi) is 3.55. The van der Waals surface area contributed by atoms with Gasteiger partial charge in [0.15, 0.2) is 5.82 Å². The highest BCUT2D eigenvalue weighted by Crippen LogP contribution is 2.26. The van der Waals surface area contributed by atoms with Gasteiger partial charge in [-0.15, -0.1) is 0 Å². The number of hydrogen-bond donors (Lipinski definition) is 1. The quantitative estimate of drug-likeness (QED) is 0.616. The number of aromatic nitrogens is 6. The van der Waals surface area contributed by atoms with E-state index in [0.29, 0.717) is 5.82 Å². The normalized spacial score (nSPS) is 16.4. The molecule has 0 aliphatic carbocycles. The molecule has 1 N–H and O–H groups in total. The third-order valence-corrected chi connectivity index (χ3v) is 4.69. The Balaban J connectivity index is 1.54. The smallest absolute Gasteiger partial charge is 0.162 e. The highest BCUT2D eigenvalue weighted by atomic mass is 15.3. The van der Waals surface area contributed by atoms with Gasteiger partial charge in [0.25, 0.3) is 0 Å². The van der Waals surface area contributed by atoms with Crippen LogP contribution in [0.4, 0.5) is 5.82 Å². The number of rotatable bonds is 3. The molecule has 0 saturated heterocycles. The van der Waals surface area contributed by atoms with Crippen molar-refractivity contribution in [2.75, 3.05) is 5.32 Å². The van der Waals surface area contributed by atoms with Gasteiger partial charge in [-0.2, -0.15) is 5.10 Å². The molecule has 1 aliphatic heterocycles. The van der Waals surface area contributed by atoms with Gasteiger partial charge in [0.05, 0.1) is 12.1 Å². The van der Waals surface area contributed by atoms with Crippen molar-refractivity contribution in [2.45, 2.75) is 25.4 Å². The summed E-state index contributed by atoms with van der Waals surface area (Å²) in [5.74, 6) is 2.61. The molecule has 0 unspecified atom stereocenters. The molecule has 7 nitrogen and oxygen atoms in total. The number of nitrogens with one attached hydrogen (secondary N) is 1. The fourth-order valence-electron chi connectivity index (χ4n) is 3.37. The first-order valence-corrected chi connectivity index (χ1v) is 8.67. The minimum atomic E-state index is 0.257. The van der Waals surface area contributed by atoms with Crippen molar-refractivity contribution < 1.29 is 0 Å². The fourth-order valence-corrected chi connectivity index (χ4v) is 3.37. The highest BCUT2D eigenvalue weighted by Gasteiger charge is 2.21. The number of pyridine rings is 1. The van der Waals surface area contributed by atoms with Crippen LogP contribution in [0.15, 0.2) is 55.1 Å². The van der Waals surface area contributed by atoms with Crippen molar-refractivity contribution >= 4 is 16.7 Å². The van der Waals surface area contributed by atoms with Gasteiger partial charge in [-0.05, 0) is 30.7 Å². The highest BCUT2D eigenvalue weighted by molar-refractivity contribution is 5.90. The van der Waals surface area contributed by atoms with E-state index in [-0.39, 0.29) is 6.04 Å². The van der Waals surface area contributed by atoms with Crippen molar-refractivity contribution in [3.8, 4) is 11.4 Å². The van der Waals surface area contributed by atoms with Crippen LogP contribution in [0.1, 0.15) is 12.2 Å². The summed E-state index contributed by atoms with van der Waals surface area (Å²) in [6.45, 7) is 0.790. The van der Waals surface area contributed by atoms with Crippen LogP contribution in [0.2, 0.25) is 0 Å². The fraction of sp³-hybridized carbons (Fsp3) is 0.211. The Labute approximate surface area is 150 Å². The zero-order valence-corrected chi connectivity index (χ0v) is 14.1. The molecule has 0 fully saturated rings. The maximum absolute atomic E-state index is 4.81. The predicted octanol–water partition coefficient (Wildman–Crippen LogP) is 2.71. The van der Waals surface area contributed by atoms with Crippen LogP contribution in [0, 0.1) is 0 Å². The summed E-state index contributed by atoms with van der Waals surface area (Å²) in [7, 11) is 0. The molecule has 0 amide bonds. The van der Waals surface area contributed by atoms with Gasteiger partial charge in [0, 0.05) is 35.8 Å². The predicted molar refractivity (Wildman–Crippen MR) is 98.5 cm³/mol. The van der Waals surface area contributed by atoms with Crippen molar-refractivity contribution in [3.05, 3.63) is 60.9 Å². The second kappa shape index (κ2) is 6.18. The van der Waals surface area contributed by atoms with E-state index in [0.717, 1.165) is 47.5 Å². The lowest BCUT2D eigenvalue weighted by Gasteiger charge is -2.24. The topological polar surface area (TPSA) is 81.4 Å². The van der Waals surface area contributed by atoms with E-state index >= 15 is 0 Å². The van der Waals surface area contributed by atoms with Crippen LogP contribution in [0.5, 0.6) is 0 Å². The zero-order valence-electron chi connectivity index (χ0n) is 14.1. The molecule has 1 aliphatic rings. The summed E-state index contributed by atoms with van der Waals surface area (Å²) >= 11 is 0. The van der Waals surface area contributed by atoms with Gasteiger partial charge in [0.2, 0.25) is 0 Å². The molecule has 4 heterocycles. The lowest BCUT2D eigenvalue weighted by Crippen LogP contribution is -2.32. The average Bonchev–Trinajstić information content (AvgIpc) is 3.16. The van der Waals surface area contributed by atoms with Crippen LogP contribution < -0.4 is 5.32 Å². The maximum Gasteiger partial charge on any atom is 0.162 e. The molecule has 0 radical (unpaired) electrons. The van der Waals surface area contributed by atoms with Gasteiger partial charge < -0.3 is 5.32 Å². The van der Waals surface area contributed by atoms with E-state index < -0.39 is 0 Å². The summed E-state index contributed by atoms with van der Waals surface area (Å²) in [5.41, 5.74) is 1.88.